The number of anilines is 1. The van der Waals surface area contributed by atoms with Crippen molar-refractivity contribution in [2.24, 2.45) is 0 Å². The molecule has 0 saturated carbocycles. The van der Waals surface area contributed by atoms with E-state index in [9.17, 15) is 0 Å². The summed E-state index contributed by atoms with van der Waals surface area (Å²) in [6.45, 7) is 3.42. The third kappa shape index (κ3) is 1.90. The van der Waals surface area contributed by atoms with Crippen LogP contribution in [0.15, 0.2) is 18.2 Å². The molecule has 1 aliphatic heterocycles. The van der Waals surface area contributed by atoms with Gasteiger partial charge in [0.1, 0.15) is 0 Å². The molecule has 0 aliphatic carbocycles. The summed E-state index contributed by atoms with van der Waals surface area (Å²) in [5.74, 6) is 0. The Kier molecular flexibility index (Phi) is 2.73. The van der Waals surface area contributed by atoms with Crippen LogP contribution in [0.1, 0.15) is 5.56 Å². The van der Waals surface area contributed by atoms with Gasteiger partial charge in [0.05, 0.1) is 0 Å². The molecule has 1 aliphatic rings. The van der Waals surface area contributed by atoms with Gasteiger partial charge in [-0.3, -0.25) is 0 Å². The molecule has 0 aromatic heterocycles. The Morgan fingerprint density at radius 3 is 3.14 bits per heavy atom. The Balaban J connectivity index is 2.03. The monoisotopic (exact) mass is 189 g/mol. The third-order valence-corrected chi connectivity index (χ3v) is 2.73. The molecule has 0 saturated heterocycles. The molecule has 75 valence electrons. The van der Waals surface area contributed by atoms with E-state index in [1.54, 1.807) is 0 Å². The summed E-state index contributed by atoms with van der Waals surface area (Å²) < 4.78 is 0. The maximum Gasteiger partial charge on any atom is 0.0400 e. The van der Waals surface area contributed by atoms with Crippen molar-refractivity contribution >= 4 is 5.69 Å². The van der Waals surface area contributed by atoms with Crippen molar-refractivity contribution in [1.82, 2.24) is 4.90 Å². The Bertz CT molecular complexity index is 307. The fraction of sp³-hybridized carbons (Fsp3) is 0.500. The first-order chi connectivity index (χ1) is 6.77. The van der Waals surface area contributed by atoms with E-state index >= 15 is 0 Å². The first kappa shape index (κ1) is 9.53. The van der Waals surface area contributed by atoms with E-state index in [4.69, 9.17) is 0 Å². The van der Waals surface area contributed by atoms with Crippen molar-refractivity contribution in [2.45, 2.75) is 6.42 Å². The molecule has 0 atom stereocenters. The molecule has 0 amide bonds. The summed E-state index contributed by atoms with van der Waals surface area (Å²) in [7, 11) is 4.24. The number of rotatable bonds is 3. The highest BCUT2D eigenvalue weighted by Crippen LogP contribution is 2.26. The average Bonchev–Trinajstić information content (AvgIpc) is 2.58. The van der Waals surface area contributed by atoms with Crippen LogP contribution in [0.25, 0.3) is 0 Å². The van der Waals surface area contributed by atoms with E-state index in [1.807, 2.05) is 6.07 Å². The van der Waals surface area contributed by atoms with Crippen LogP contribution in [0.3, 0.4) is 0 Å². The van der Waals surface area contributed by atoms with Gasteiger partial charge < -0.3 is 9.80 Å². The highest BCUT2D eigenvalue weighted by Gasteiger charge is 2.17. The van der Waals surface area contributed by atoms with Crippen LogP contribution in [-0.4, -0.2) is 38.6 Å². The SMILES string of the molecule is CN(C)CCN1CCc2c[c]ccc21. The summed E-state index contributed by atoms with van der Waals surface area (Å²) in [6, 6.07) is 9.44. The van der Waals surface area contributed by atoms with Crippen molar-refractivity contribution in [3.05, 3.63) is 29.8 Å². The van der Waals surface area contributed by atoms with Crippen LogP contribution in [-0.2, 0) is 6.42 Å². The topological polar surface area (TPSA) is 6.48 Å². The fourth-order valence-electron chi connectivity index (χ4n) is 1.89. The second kappa shape index (κ2) is 4.01. The Morgan fingerprint density at radius 2 is 2.36 bits per heavy atom. The number of nitrogens with zero attached hydrogens (tertiary/aromatic N) is 2. The minimum atomic E-state index is 1.12. The van der Waals surface area contributed by atoms with Gasteiger partial charge in [-0.25, -0.2) is 0 Å². The van der Waals surface area contributed by atoms with Crippen LogP contribution in [0.5, 0.6) is 0 Å². The maximum absolute atomic E-state index is 3.14. The minimum absolute atomic E-state index is 1.12. The van der Waals surface area contributed by atoms with E-state index < -0.39 is 0 Å². The summed E-state index contributed by atoms with van der Waals surface area (Å²) in [5, 5.41) is 0. The molecule has 0 bridgehead atoms. The molecule has 1 heterocycles. The predicted molar refractivity (Wildman–Crippen MR) is 59.7 cm³/mol. The van der Waals surface area contributed by atoms with Gasteiger partial charge in [-0.15, -0.1) is 0 Å². The van der Waals surface area contributed by atoms with Crippen LogP contribution < -0.4 is 4.90 Å². The molecule has 2 nitrogen and oxygen atoms in total. The predicted octanol–water partition coefficient (Wildman–Crippen LogP) is 1.41. The number of benzene rings is 1. The Morgan fingerprint density at radius 1 is 1.50 bits per heavy atom. The molecule has 2 rings (SSSR count). The smallest absolute Gasteiger partial charge is 0.0400 e. The second-order valence-electron chi connectivity index (χ2n) is 4.10. The van der Waals surface area contributed by atoms with Gasteiger partial charge in [0.25, 0.3) is 0 Å². The Hall–Kier alpha value is -1.02. The lowest BCUT2D eigenvalue weighted by Crippen LogP contribution is -2.30. The van der Waals surface area contributed by atoms with Crippen molar-refractivity contribution in [3.63, 3.8) is 0 Å². The minimum Gasteiger partial charge on any atom is -0.370 e. The normalized spacial score (nSPS) is 14.9. The lowest BCUT2D eigenvalue weighted by Gasteiger charge is -2.21. The number of fused-ring (bicyclic) bond motifs is 1. The van der Waals surface area contributed by atoms with Crippen molar-refractivity contribution < 1.29 is 0 Å². The second-order valence-corrected chi connectivity index (χ2v) is 4.10. The zero-order chi connectivity index (χ0) is 9.97. The quantitative estimate of drug-likeness (QED) is 0.709. The van der Waals surface area contributed by atoms with Crippen LogP contribution in [0, 0.1) is 6.07 Å². The summed E-state index contributed by atoms with van der Waals surface area (Å²) in [6.07, 6.45) is 1.18. The van der Waals surface area contributed by atoms with Gasteiger partial charge in [0.15, 0.2) is 0 Å². The molecular formula is C12H17N2. The van der Waals surface area contributed by atoms with E-state index in [0.29, 0.717) is 0 Å². The van der Waals surface area contributed by atoms with Crippen LogP contribution >= 0.6 is 0 Å². The maximum atomic E-state index is 3.14. The highest BCUT2D eigenvalue weighted by molar-refractivity contribution is 5.57. The van der Waals surface area contributed by atoms with Gasteiger partial charge in [-0.1, -0.05) is 6.07 Å². The Labute approximate surface area is 86.1 Å². The van der Waals surface area contributed by atoms with Gasteiger partial charge in [-0.05, 0) is 44.3 Å². The zero-order valence-electron chi connectivity index (χ0n) is 8.95. The standard InChI is InChI=1S/C12H17N2/c1-13(2)9-10-14-8-7-11-5-3-4-6-12(11)14/h4-6H,7-10H2,1-2H3. The van der Waals surface area contributed by atoms with E-state index in [0.717, 1.165) is 13.1 Å². The van der Waals surface area contributed by atoms with Crippen molar-refractivity contribution in [2.75, 3.05) is 38.6 Å². The molecule has 0 spiro atoms. The van der Waals surface area contributed by atoms with Crippen molar-refractivity contribution in [3.8, 4) is 0 Å². The van der Waals surface area contributed by atoms with Crippen molar-refractivity contribution in [1.29, 1.82) is 0 Å². The number of likely N-dealkylation sites (N-methyl/N-ethyl adjacent to an activating group) is 1. The first-order valence-corrected chi connectivity index (χ1v) is 5.16. The highest BCUT2D eigenvalue weighted by atomic mass is 15.2. The largest absolute Gasteiger partial charge is 0.370 e. The molecule has 1 aromatic carbocycles. The number of hydrogen-bond donors (Lipinski definition) is 0. The number of hydrogen-bond acceptors (Lipinski definition) is 2. The van der Waals surface area contributed by atoms with Gasteiger partial charge in [0, 0.05) is 25.3 Å². The molecule has 1 radical (unpaired) electrons. The average molecular weight is 189 g/mol. The molecule has 2 heteroatoms. The molecule has 14 heavy (non-hydrogen) atoms. The lowest BCUT2D eigenvalue weighted by molar-refractivity contribution is 0.414. The fourth-order valence-corrected chi connectivity index (χ4v) is 1.89. The van der Waals surface area contributed by atoms with E-state index in [1.165, 1.54) is 24.2 Å². The zero-order valence-corrected chi connectivity index (χ0v) is 8.95. The summed E-state index contributed by atoms with van der Waals surface area (Å²) in [4.78, 5) is 4.69. The van der Waals surface area contributed by atoms with Crippen LogP contribution in [0.2, 0.25) is 0 Å². The molecule has 0 N–H and O–H groups in total. The van der Waals surface area contributed by atoms with Gasteiger partial charge in [0.2, 0.25) is 0 Å². The molecule has 1 aromatic rings. The van der Waals surface area contributed by atoms with Gasteiger partial charge in [-0.2, -0.15) is 0 Å². The first-order valence-electron chi connectivity index (χ1n) is 5.16. The molecule has 0 unspecified atom stereocenters. The lowest BCUT2D eigenvalue weighted by atomic mass is 10.2. The summed E-state index contributed by atoms with van der Waals surface area (Å²) >= 11 is 0. The molecule has 0 fully saturated rings. The van der Waals surface area contributed by atoms with E-state index in [-0.39, 0.29) is 0 Å². The third-order valence-electron chi connectivity index (χ3n) is 2.73. The van der Waals surface area contributed by atoms with Gasteiger partial charge >= 0.3 is 0 Å². The van der Waals surface area contributed by atoms with Crippen LogP contribution in [0.4, 0.5) is 5.69 Å². The summed E-state index contributed by atoms with van der Waals surface area (Å²) in [5.41, 5.74) is 2.86. The van der Waals surface area contributed by atoms with E-state index in [2.05, 4.69) is 42.1 Å². The molecular weight excluding hydrogens is 172 g/mol.